The molecule has 1 aliphatic rings. The molecule has 0 aliphatic heterocycles. The van der Waals surface area contributed by atoms with E-state index >= 15 is 0 Å². The Hall–Kier alpha value is -1.76. The van der Waals surface area contributed by atoms with Gasteiger partial charge in [-0.25, -0.2) is 9.78 Å². The number of ketones is 1. The first-order valence-electron chi connectivity index (χ1n) is 6.14. The van der Waals surface area contributed by atoms with Crippen molar-refractivity contribution in [2.75, 3.05) is 0 Å². The first-order valence-corrected chi connectivity index (χ1v) is 6.55. The summed E-state index contributed by atoms with van der Waals surface area (Å²) in [6, 6.07) is 0. The van der Waals surface area contributed by atoms with Crippen LogP contribution in [-0.2, 0) is 25.4 Å². The third-order valence-corrected chi connectivity index (χ3v) is 4.04. The summed E-state index contributed by atoms with van der Waals surface area (Å²) in [4.78, 5) is 28.0. The largest absolute Gasteiger partial charge is 0.330 e. The van der Waals surface area contributed by atoms with Crippen molar-refractivity contribution in [3.05, 3.63) is 21.5 Å². The van der Waals surface area contributed by atoms with Gasteiger partial charge in [-0.15, -0.1) is 0 Å². The van der Waals surface area contributed by atoms with Gasteiger partial charge in [0.15, 0.2) is 11.4 Å². The highest BCUT2D eigenvalue weighted by atomic mass is 32.1. The van der Waals surface area contributed by atoms with Crippen molar-refractivity contribution in [3.63, 3.8) is 0 Å². The summed E-state index contributed by atoms with van der Waals surface area (Å²) >= 11 is 5.29. The van der Waals surface area contributed by atoms with Gasteiger partial charge in [0.1, 0.15) is 10.2 Å². The lowest BCUT2D eigenvalue weighted by Crippen LogP contribution is -2.28. The molecule has 0 unspecified atom stereocenters. The van der Waals surface area contributed by atoms with E-state index in [0.717, 1.165) is 12.8 Å². The second-order valence-electron chi connectivity index (χ2n) is 4.99. The van der Waals surface area contributed by atoms with Gasteiger partial charge in [-0.1, -0.05) is 12.2 Å². The summed E-state index contributed by atoms with van der Waals surface area (Å²) in [7, 11) is 3.28. The molecular weight excluding hydrogens is 264 g/mol. The molecule has 0 saturated heterocycles. The number of hydrogen-bond acceptors (Lipinski definition) is 4. The molecule has 1 aliphatic carbocycles. The number of aryl methyl sites for hydroxylation is 1. The van der Waals surface area contributed by atoms with Crippen molar-refractivity contribution in [2.45, 2.75) is 19.4 Å². The number of rotatable bonds is 3. The quantitative estimate of drug-likeness (QED) is 0.779. The van der Waals surface area contributed by atoms with E-state index in [1.165, 1.54) is 9.13 Å². The Morgan fingerprint density at radius 3 is 2.74 bits per heavy atom. The van der Waals surface area contributed by atoms with Crippen molar-refractivity contribution in [2.24, 2.45) is 20.0 Å². The topological polar surface area (TPSA) is 61.8 Å². The molecule has 2 aromatic heterocycles. The molecule has 7 heteroatoms. The molecule has 0 amide bonds. The van der Waals surface area contributed by atoms with Crippen LogP contribution in [0.1, 0.15) is 12.8 Å². The molecule has 2 heterocycles. The highest BCUT2D eigenvalue weighted by Gasteiger charge is 2.29. The van der Waals surface area contributed by atoms with Crippen LogP contribution in [0.2, 0.25) is 0 Å². The molecule has 0 N–H and O–H groups in total. The Bertz CT molecular complexity index is 794. The van der Waals surface area contributed by atoms with Gasteiger partial charge in [0.05, 0.1) is 12.9 Å². The highest BCUT2D eigenvalue weighted by Crippen LogP contribution is 2.30. The number of fused-ring (bicyclic) bond motifs is 1. The lowest BCUT2D eigenvalue weighted by atomic mass is 10.2. The normalized spacial score (nSPS) is 15.1. The molecule has 0 atom stereocenters. The maximum atomic E-state index is 11.9. The van der Waals surface area contributed by atoms with Crippen molar-refractivity contribution < 1.29 is 4.79 Å². The Balaban J connectivity index is 2.19. The van der Waals surface area contributed by atoms with E-state index < -0.39 is 0 Å². The second-order valence-corrected chi connectivity index (χ2v) is 5.38. The smallest absolute Gasteiger partial charge is 0.319 e. The van der Waals surface area contributed by atoms with Gasteiger partial charge in [0.2, 0.25) is 0 Å². The van der Waals surface area contributed by atoms with Crippen LogP contribution in [-0.4, -0.2) is 24.5 Å². The van der Waals surface area contributed by atoms with Crippen LogP contribution in [0.4, 0.5) is 0 Å². The van der Waals surface area contributed by atoms with Crippen LogP contribution < -0.4 is 5.69 Å². The molecule has 0 spiro atoms. The average molecular weight is 278 g/mol. The molecule has 100 valence electrons. The fraction of sp³-hybridized carbons (Fsp3) is 0.500. The standard InChI is InChI=1S/C12H14N4O2S/c1-14-10-9(11(19)15(2)12(14)18)16(6-13-10)5-8(17)7-3-4-7/h6-7H,3-5H2,1-2H3. The second kappa shape index (κ2) is 4.12. The maximum Gasteiger partial charge on any atom is 0.330 e. The van der Waals surface area contributed by atoms with E-state index in [1.807, 2.05) is 0 Å². The zero-order chi connectivity index (χ0) is 13.7. The van der Waals surface area contributed by atoms with E-state index in [0.29, 0.717) is 15.8 Å². The first-order chi connectivity index (χ1) is 9.00. The predicted molar refractivity (Wildman–Crippen MR) is 72.5 cm³/mol. The lowest BCUT2D eigenvalue weighted by Gasteiger charge is -2.07. The molecular formula is C12H14N4O2S. The predicted octanol–water partition coefficient (Wildman–Crippen LogP) is 0.782. The SMILES string of the molecule is Cn1c(=S)c2c(ncn2CC(=O)C2CC2)n(C)c1=O. The van der Waals surface area contributed by atoms with Crippen molar-refractivity contribution in [3.8, 4) is 0 Å². The minimum atomic E-state index is -0.212. The van der Waals surface area contributed by atoms with Gasteiger partial charge in [-0.05, 0) is 12.8 Å². The zero-order valence-electron chi connectivity index (χ0n) is 10.8. The lowest BCUT2D eigenvalue weighted by molar-refractivity contribution is -0.120. The van der Waals surface area contributed by atoms with Crippen molar-refractivity contribution in [1.82, 2.24) is 18.7 Å². The molecule has 3 rings (SSSR count). The summed E-state index contributed by atoms with van der Waals surface area (Å²) in [5.41, 5.74) is 0.988. The van der Waals surface area contributed by atoms with Crippen LogP contribution in [0.3, 0.4) is 0 Å². The number of Topliss-reactive ketones (excluding diaryl/α,β-unsaturated/α-hetero) is 1. The van der Waals surface area contributed by atoms with E-state index in [1.54, 1.807) is 25.0 Å². The molecule has 0 aromatic carbocycles. The summed E-state index contributed by atoms with van der Waals surface area (Å²) in [5.74, 6) is 0.414. The number of imidazole rings is 1. The summed E-state index contributed by atoms with van der Waals surface area (Å²) < 4.78 is 5.01. The summed E-state index contributed by atoms with van der Waals surface area (Å²) in [5, 5.41) is 0. The Morgan fingerprint density at radius 1 is 1.42 bits per heavy atom. The molecule has 6 nitrogen and oxygen atoms in total. The fourth-order valence-electron chi connectivity index (χ4n) is 2.22. The van der Waals surface area contributed by atoms with E-state index in [4.69, 9.17) is 12.2 Å². The third kappa shape index (κ3) is 1.85. The van der Waals surface area contributed by atoms with Gasteiger partial charge in [-0.3, -0.25) is 13.9 Å². The van der Waals surface area contributed by atoms with Crippen LogP contribution >= 0.6 is 12.2 Å². The van der Waals surface area contributed by atoms with Gasteiger partial charge in [0, 0.05) is 20.0 Å². The first kappa shape index (κ1) is 12.3. The monoisotopic (exact) mass is 278 g/mol. The Kier molecular flexibility index (Phi) is 2.67. The van der Waals surface area contributed by atoms with E-state index in [9.17, 15) is 9.59 Å². The maximum absolute atomic E-state index is 11.9. The van der Waals surface area contributed by atoms with Gasteiger partial charge >= 0.3 is 5.69 Å². The van der Waals surface area contributed by atoms with Gasteiger partial charge in [0.25, 0.3) is 0 Å². The average Bonchev–Trinajstić information content (AvgIpc) is 3.16. The third-order valence-electron chi connectivity index (χ3n) is 3.58. The molecule has 1 fully saturated rings. The molecule has 19 heavy (non-hydrogen) atoms. The van der Waals surface area contributed by atoms with Crippen LogP contribution in [0, 0.1) is 10.6 Å². The zero-order valence-corrected chi connectivity index (χ0v) is 11.6. The number of hydrogen-bond donors (Lipinski definition) is 0. The minimum absolute atomic E-state index is 0.201. The number of nitrogens with zero attached hydrogens (tertiary/aromatic N) is 4. The van der Waals surface area contributed by atoms with Gasteiger partial charge in [-0.2, -0.15) is 0 Å². The van der Waals surface area contributed by atoms with Crippen molar-refractivity contribution in [1.29, 1.82) is 0 Å². The number of carbonyl (C=O) groups is 1. The number of aromatic nitrogens is 4. The summed E-state index contributed by atoms with van der Waals surface area (Å²) in [6.45, 7) is 0.281. The van der Waals surface area contributed by atoms with E-state index in [-0.39, 0.29) is 23.9 Å². The van der Waals surface area contributed by atoms with E-state index in [2.05, 4.69) is 4.98 Å². The molecule has 2 aromatic rings. The molecule has 0 radical (unpaired) electrons. The molecule has 1 saturated carbocycles. The van der Waals surface area contributed by atoms with Crippen LogP contribution in [0.25, 0.3) is 11.2 Å². The van der Waals surface area contributed by atoms with Crippen LogP contribution in [0.15, 0.2) is 11.1 Å². The minimum Gasteiger partial charge on any atom is -0.319 e. The fourth-order valence-corrected chi connectivity index (χ4v) is 2.51. The van der Waals surface area contributed by atoms with Gasteiger partial charge < -0.3 is 4.57 Å². The Morgan fingerprint density at radius 2 is 2.11 bits per heavy atom. The summed E-state index contributed by atoms with van der Waals surface area (Å²) in [6.07, 6.45) is 3.55. The van der Waals surface area contributed by atoms with Crippen LogP contribution in [0.5, 0.6) is 0 Å². The highest BCUT2D eigenvalue weighted by molar-refractivity contribution is 7.71. The molecule has 0 bridgehead atoms. The number of carbonyl (C=O) groups excluding carboxylic acids is 1. The van der Waals surface area contributed by atoms with Crippen molar-refractivity contribution >= 4 is 29.2 Å². The Labute approximate surface area is 114 Å².